The number of ether oxygens (including phenoxy) is 1. The molecule has 1 atom stereocenters. The molecule has 0 saturated carbocycles. The van der Waals surface area contributed by atoms with Gasteiger partial charge in [-0.15, -0.1) is 0 Å². The normalized spacial score (nSPS) is 12.2. The summed E-state index contributed by atoms with van der Waals surface area (Å²) in [5, 5.41) is 3.30. The zero-order valence-electron chi connectivity index (χ0n) is 21.1. The molecule has 1 N–H and O–H groups in total. The molecule has 2 aromatic rings. The maximum absolute atomic E-state index is 13.7. The van der Waals surface area contributed by atoms with Gasteiger partial charge in [0, 0.05) is 13.1 Å². The molecule has 2 rings (SSSR count). The van der Waals surface area contributed by atoms with Crippen molar-refractivity contribution in [1.29, 1.82) is 0 Å². The van der Waals surface area contributed by atoms with Gasteiger partial charge in [-0.25, -0.2) is 8.42 Å². The molecule has 0 fully saturated rings. The zero-order valence-corrected chi connectivity index (χ0v) is 23.5. The molecule has 0 aliphatic heterocycles. The van der Waals surface area contributed by atoms with E-state index in [-0.39, 0.29) is 34.1 Å². The number of halogens is 2. The van der Waals surface area contributed by atoms with Crippen molar-refractivity contribution in [2.45, 2.75) is 39.8 Å². The average molecular weight is 559 g/mol. The van der Waals surface area contributed by atoms with Gasteiger partial charge in [-0.3, -0.25) is 13.9 Å². The Bertz CT molecular complexity index is 1170. The molecule has 0 radical (unpaired) electrons. The highest BCUT2D eigenvalue weighted by Gasteiger charge is 2.32. The van der Waals surface area contributed by atoms with E-state index in [0.29, 0.717) is 18.7 Å². The van der Waals surface area contributed by atoms with Gasteiger partial charge < -0.3 is 15.0 Å². The van der Waals surface area contributed by atoms with Crippen molar-refractivity contribution in [3.63, 3.8) is 0 Å². The molecular weight excluding hydrogens is 525 g/mol. The molecule has 8 nitrogen and oxygen atoms in total. The van der Waals surface area contributed by atoms with Crippen LogP contribution in [0.4, 0.5) is 5.69 Å². The van der Waals surface area contributed by atoms with Crippen molar-refractivity contribution in [3.8, 4) is 5.75 Å². The number of anilines is 1. The molecule has 0 spiro atoms. The number of methoxy groups -OCH3 is 1. The third kappa shape index (κ3) is 8.28. The third-order valence-electron chi connectivity index (χ3n) is 5.43. The Morgan fingerprint density at radius 3 is 2.33 bits per heavy atom. The lowest BCUT2D eigenvalue weighted by atomic mass is 10.1. The summed E-state index contributed by atoms with van der Waals surface area (Å²) in [6.45, 7) is 5.77. The molecule has 0 unspecified atom stereocenters. The Morgan fingerprint density at radius 2 is 1.78 bits per heavy atom. The fourth-order valence-electron chi connectivity index (χ4n) is 3.56. The van der Waals surface area contributed by atoms with E-state index in [1.165, 1.54) is 30.2 Å². The van der Waals surface area contributed by atoms with Gasteiger partial charge in [0.15, 0.2) is 0 Å². The van der Waals surface area contributed by atoms with Crippen LogP contribution in [0, 0.1) is 5.92 Å². The lowest BCUT2D eigenvalue weighted by Gasteiger charge is -2.33. The first-order valence-electron chi connectivity index (χ1n) is 11.5. The highest BCUT2D eigenvalue weighted by atomic mass is 35.5. The Labute approximate surface area is 223 Å². The minimum absolute atomic E-state index is 0.0859. The fraction of sp³-hybridized carbons (Fsp3) is 0.440. The van der Waals surface area contributed by atoms with Crippen LogP contribution in [0.15, 0.2) is 42.5 Å². The van der Waals surface area contributed by atoms with E-state index in [1.54, 1.807) is 25.1 Å². The van der Waals surface area contributed by atoms with Crippen molar-refractivity contribution < 1.29 is 22.7 Å². The monoisotopic (exact) mass is 557 g/mol. The van der Waals surface area contributed by atoms with Gasteiger partial charge in [-0.2, -0.15) is 0 Å². The predicted octanol–water partition coefficient (Wildman–Crippen LogP) is 4.35. The molecule has 0 aromatic heterocycles. The maximum Gasteiger partial charge on any atom is 0.244 e. The molecular formula is C25H33Cl2N3O5S. The molecule has 0 aliphatic rings. The number of benzene rings is 2. The molecule has 0 saturated heterocycles. The summed E-state index contributed by atoms with van der Waals surface area (Å²) in [4.78, 5) is 28.2. The lowest BCUT2D eigenvalue weighted by molar-refractivity contribution is -0.140. The van der Waals surface area contributed by atoms with Gasteiger partial charge >= 0.3 is 0 Å². The van der Waals surface area contributed by atoms with Crippen LogP contribution in [-0.2, 0) is 26.2 Å². The minimum atomic E-state index is -3.87. The van der Waals surface area contributed by atoms with Crippen molar-refractivity contribution >= 4 is 50.7 Å². The van der Waals surface area contributed by atoms with Crippen molar-refractivity contribution in [1.82, 2.24) is 10.2 Å². The predicted molar refractivity (Wildman–Crippen MR) is 144 cm³/mol. The molecule has 198 valence electrons. The molecule has 2 amide bonds. The van der Waals surface area contributed by atoms with Crippen molar-refractivity contribution in [3.05, 3.63) is 58.1 Å². The summed E-state index contributed by atoms with van der Waals surface area (Å²) < 4.78 is 31.6. The number of amides is 2. The number of carbonyl (C=O) groups excluding carboxylic acids is 2. The summed E-state index contributed by atoms with van der Waals surface area (Å²) in [6, 6.07) is 10.7. The Balaban J connectivity index is 2.46. The van der Waals surface area contributed by atoms with Crippen molar-refractivity contribution in [2.75, 3.05) is 30.8 Å². The highest BCUT2D eigenvalue weighted by Crippen LogP contribution is 2.29. The van der Waals surface area contributed by atoms with Gasteiger partial charge in [0.1, 0.15) is 18.3 Å². The number of nitrogens with zero attached hydrogens (tertiary/aromatic N) is 2. The standard InChI is InChI=1S/C25H33Cl2N3O5S/c1-6-23(25(32)28-14-17(2)3)29(15-18-8-7-9-20(12-18)35-4)24(31)16-30(36(5,33)34)19-10-11-21(26)22(27)13-19/h7-13,17,23H,6,14-16H2,1-5H3,(H,28,32)/t23-/m0/s1. The van der Waals surface area contributed by atoms with Crippen LogP contribution in [0.25, 0.3) is 0 Å². The number of hydrogen-bond acceptors (Lipinski definition) is 5. The number of carbonyl (C=O) groups is 2. The van der Waals surface area contributed by atoms with Gasteiger partial charge in [0.05, 0.1) is 29.1 Å². The Hall–Kier alpha value is -2.49. The topological polar surface area (TPSA) is 96.0 Å². The van der Waals surface area contributed by atoms with Crippen LogP contribution >= 0.6 is 23.2 Å². The Kier molecular flexibility index (Phi) is 10.9. The number of sulfonamides is 1. The molecule has 2 aromatic carbocycles. The molecule has 0 aliphatic carbocycles. The summed E-state index contributed by atoms with van der Waals surface area (Å²) in [6.07, 6.45) is 1.34. The Morgan fingerprint density at radius 1 is 1.08 bits per heavy atom. The first-order chi connectivity index (χ1) is 16.9. The van der Waals surface area contributed by atoms with Crippen molar-refractivity contribution in [2.24, 2.45) is 5.92 Å². The quantitative estimate of drug-likeness (QED) is 0.418. The third-order valence-corrected chi connectivity index (χ3v) is 7.31. The van der Waals surface area contributed by atoms with Crippen LogP contribution in [0.5, 0.6) is 5.75 Å². The SMILES string of the molecule is CC[C@@H](C(=O)NCC(C)C)N(Cc1cccc(OC)c1)C(=O)CN(c1ccc(Cl)c(Cl)c1)S(C)(=O)=O. The van der Waals surface area contributed by atoms with Crippen LogP contribution in [0.3, 0.4) is 0 Å². The molecule has 0 bridgehead atoms. The minimum Gasteiger partial charge on any atom is -0.497 e. The van der Waals surface area contributed by atoms with Gasteiger partial charge in [0.2, 0.25) is 21.8 Å². The summed E-state index contributed by atoms with van der Waals surface area (Å²) >= 11 is 12.1. The second-order valence-corrected chi connectivity index (χ2v) is 11.5. The van der Waals surface area contributed by atoms with E-state index >= 15 is 0 Å². The van der Waals surface area contributed by atoms with E-state index in [9.17, 15) is 18.0 Å². The van der Waals surface area contributed by atoms with Gasteiger partial charge in [0.25, 0.3) is 0 Å². The van der Waals surface area contributed by atoms with E-state index < -0.39 is 28.5 Å². The van der Waals surface area contributed by atoms with E-state index in [4.69, 9.17) is 27.9 Å². The lowest BCUT2D eigenvalue weighted by Crippen LogP contribution is -2.52. The first-order valence-corrected chi connectivity index (χ1v) is 14.1. The van der Waals surface area contributed by atoms with Gasteiger partial charge in [-0.05, 0) is 48.2 Å². The summed E-state index contributed by atoms with van der Waals surface area (Å²) in [5.41, 5.74) is 0.928. The number of rotatable bonds is 12. The average Bonchev–Trinajstić information content (AvgIpc) is 2.82. The fourth-order valence-corrected chi connectivity index (χ4v) is 4.70. The molecule has 36 heavy (non-hydrogen) atoms. The first kappa shape index (κ1) is 29.7. The summed E-state index contributed by atoms with van der Waals surface area (Å²) in [7, 11) is -2.33. The smallest absolute Gasteiger partial charge is 0.244 e. The largest absolute Gasteiger partial charge is 0.497 e. The second kappa shape index (κ2) is 13.2. The van der Waals surface area contributed by atoms with Gasteiger partial charge in [-0.1, -0.05) is 56.1 Å². The van der Waals surface area contributed by atoms with E-state index in [2.05, 4.69) is 5.32 Å². The number of nitrogens with one attached hydrogen (secondary N) is 1. The van der Waals surface area contributed by atoms with Crippen LogP contribution in [0.1, 0.15) is 32.8 Å². The van der Waals surface area contributed by atoms with Crippen LogP contribution < -0.4 is 14.4 Å². The van der Waals surface area contributed by atoms with E-state index in [0.717, 1.165) is 16.1 Å². The number of hydrogen-bond donors (Lipinski definition) is 1. The van der Waals surface area contributed by atoms with E-state index in [1.807, 2.05) is 19.9 Å². The zero-order chi connectivity index (χ0) is 27.0. The van der Waals surface area contributed by atoms with Crippen LogP contribution in [-0.4, -0.2) is 57.6 Å². The maximum atomic E-state index is 13.7. The highest BCUT2D eigenvalue weighted by molar-refractivity contribution is 7.92. The second-order valence-electron chi connectivity index (χ2n) is 8.80. The molecule has 11 heteroatoms. The van der Waals surface area contributed by atoms with Crippen LogP contribution in [0.2, 0.25) is 10.0 Å². The molecule has 0 heterocycles. The summed E-state index contributed by atoms with van der Waals surface area (Å²) in [5.74, 6) is -0.0149.